The van der Waals surface area contributed by atoms with Crippen LogP contribution in [-0.2, 0) is 33.1 Å². The molecule has 5 rings (SSSR count). The third kappa shape index (κ3) is 3.83. The molecule has 0 bridgehead atoms. The molecule has 2 heterocycles. The molecule has 1 aromatic heterocycles. The summed E-state index contributed by atoms with van der Waals surface area (Å²) in [5.74, 6) is 0.975. The summed E-state index contributed by atoms with van der Waals surface area (Å²) in [6, 6.07) is 3.61. The van der Waals surface area contributed by atoms with Gasteiger partial charge in [0.15, 0.2) is 15.5 Å². The van der Waals surface area contributed by atoms with Crippen LogP contribution in [0.25, 0.3) is 0 Å². The molecular formula is C22H28N4O4S2. The van der Waals surface area contributed by atoms with Crippen molar-refractivity contribution >= 4 is 33.0 Å². The van der Waals surface area contributed by atoms with Crippen LogP contribution >= 0.6 is 11.3 Å². The largest absolute Gasteiger partial charge is 0.379 e. The Morgan fingerprint density at radius 2 is 2.12 bits per heavy atom. The van der Waals surface area contributed by atoms with E-state index < -0.39 is 21.5 Å². The molecule has 2 aliphatic carbocycles. The maximum absolute atomic E-state index is 13.1. The van der Waals surface area contributed by atoms with Gasteiger partial charge in [-0.3, -0.25) is 0 Å². The van der Waals surface area contributed by atoms with Gasteiger partial charge in [0.2, 0.25) is 4.34 Å². The summed E-state index contributed by atoms with van der Waals surface area (Å²) in [6.45, 7) is 4.18. The zero-order valence-corrected chi connectivity index (χ0v) is 19.8. The third-order valence-electron chi connectivity index (χ3n) is 6.76. The Morgan fingerprint density at radius 1 is 1.38 bits per heavy atom. The van der Waals surface area contributed by atoms with E-state index >= 15 is 0 Å². The highest BCUT2D eigenvalue weighted by Gasteiger charge is 2.42. The van der Waals surface area contributed by atoms with E-state index in [1.165, 1.54) is 18.4 Å². The number of hydrogen-bond acceptors (Lipinski definition) is 7. The maximum Gasteiger partial charge on any atom is 0.332 e. The van der Waals surface area contributed by atoms with Gasteiger partial charge in [0.1, 0.15) is 0 Å². The molecule has 172 valence electrons. The second-order valence-corrected chi connectivity index (χ2v) is 12.3. The van der Waals surface area contributed by atoms with E-state index in [-0.39, 0.29) is 17.6 Å². The van der Waals surface area contributed by atoms with Gasteiger partial charge in [-0.15, -0.1) is 11.3 Å². The monoisotopic (exact) mass is 476 g/mol. The van der Waals surface area contributed by atoms with Crippen molar-refractivity contribution in [3.63, 3.8) is 0 Å². The second kappa shape index (κ2) is 7.79. The molecule has 2 unspecified atom stereocenters. The van der Waals surface area contributed by atoms with Crippen molar-refractivity contribution in [2.75, 3.05) is 18.5 Å². The number of rotatable bonds is 6. The summed E-state index contributed by atoms with van der Waals surface area (Å²) < 4.78 is 28.8. The van der Waals surface area contributed by atoms with Crippen LogP contribution in [-0.4, -0.2) is 33.5 Å². The summed E-state index contributed by atoms with van der Waals surface area (Å²) in [6.07, 6.45) is 5.35. The molecule has 1 saturated carbocycles. The lowest BCUT2D eigenvalue weighted by Crippen LogP contribution is -2.47. The molecule has 10 heteroatoms. The van der Waals surface area contributed by atoms with Crippen LogP contribution in [0.15, 0.2) is 16.5 Å². The molecule has 32 heavy (non-hydrogen) atoms. The summed E-state index contributed by atoms with van der Waals surface area (Å²) in [5, 5.41) is 13.4. The Balaban J connectivity index is 1.38. The number of hydrogen-bond donors (Lipinski definition) is 4. The predicted octanol–water partition coefficient (Wildman–Crippen LogP) is 3.81. The van der Waals surface area contributed by atoms with Crippen molar-refractivity contribution in [3.05, 3.63) is 39.4 Å². The molecule has 2 atom stereocenters. The first-order valence-corrected chi connectivity index (χ1v) is 13.4. The van der Waals surface area contributed by atoms with Crippen molar-refractivity contribution in [3.8, 4) is 0 Å². The van der Waals surface area contributed by atoms with Gasteiger partial charge in [-0.05, 0) is 67.6 Å². The van der Waals surface area contributed by atoms with Crippen LogP contribution in [0.2, 0.25) is 0 Å². The number of fused-ring (bicyclic) bond motifs is 1. The number of nitrogens with one attached hydrogen (secondary N) is 3. The summed E-state index contributed by atoms with van der Waals surface area (Å²) in [5.41, 5.74) is 3.47. The van der Waals surface area contributed by atoms with E-state index in [1.54, 1.807) is 6.92 Å². The van der Waals surface area contributed by atoms with Crippen molar-refractivity contribution in [1.82, 2.24) is 9.71 Å². The zero-order valence-electron chi connectivity index (χ0n) is 18.2. The minimum Gasteiger partial charge on any atom is -0.379 e. The molecule has 0 spiro atoms. The van der Waals surface area contributed by atoms with E-state index in [1.807, 2.05) is 0 Å². The van der Waals surface area contributed by atoms with Crippen LogP contribution < -0.4 is 10.0 Å². The minimum atomic E-state index is -3.68. The number of carbonyl (C=O) groups is 1. The highest BCUT2D eigenvalue weighted by molar-refractivity contribution is 7.93. The molecule has 1 aromatic carbocycles. The predicted molar refractivity (Wildman–Crippen MR) is 122 cm³/mol. The van der Waals surface area contributed by atoms with E-state index in [2.05, 4.69) is 34.1 Å². The topological polar surface area (TPSA) is 124 Å². The first-order valence-electron chi connectivity index (χ1n) is 11.0. The number of urea groups is 1. The van der Waals surface area contributed by atoms with Gasteiger partial charge >= 0.3 is 6.03 Å². The number of anilines is 1. The number of benzene rings is 1. The van der Waals surface area contributed by atoms with Crippen LogP contribution in [0, 0.1) is 17.6 Å². The van der Waals surface area contributed by atoms with E-state index in [4.69, 9.17) is 9.52 Å². The Bertz CT molecular complexity index is 1180. The molecule has 2 amide bonds. The fourth-order valence-corrected chi connectivity index (χ4v) is 7.05. The fraction of sp³-hybridized carbons (Fsp3) is 0.545. The minimum absolute atomic E-state index is 0.0228. The molecule has 8 nitrogen and oxygen atoms in total. The normalized spacial score (nSPS) is 21.8. The van der Waals surface area contributed by atoms with Gasteiger partial charge in [0.25, 0.3) is 0 Å². The molecular weight excluding hydrogens is 448 g/mol. The molecule has 1 saturated heterocycles. The summed E-state index contributed by atoms with van der Waals surface area (Å²) in [7, 11) is -3.68. The molecule has 2 fully saturated rings. The summed E-state index contributed by atoms with van der Waals surface area (Å²) >= 11 is 1.05. The SMILES string of the molecule is Cc1sc(S(=N)(=O)NC(=O)Nc2c(C(C)C3CC3)ccc3c2CCC3)nc1C1(O)COC1. The standard InChI is InChI=1S/C22H28N4O4S2/c1-12(14-6-7-14)16-9-8-15-4-3-5-17(15)18(16)24-20(27)26-32(23,29)21-25-19(13(2)31-21)22(28)10-30-11-22/h8-9,12,14,28H,3-7,10-11H2,1-2H3,(H3,23,24,26,27,29). The van der Waals surface area contributed by atoms with Crippen molar-refractivity contribution in [1.29, 1.82) is 4.78 Å². The molecule has 2 aromatic rings. The average molecular weight is 477 g/mol. The highest BCUT2D eigenvalue weighted by Crippen LogP contribution is 2.46. The van der Waals surface area contributed by atoms with E-state index in [9.17, 15) is 14.1 Å². The van der Waals surface area contributed by atoms with Crippen molar-refractivity contribution in [2.45, 2.75) is 61.8 Å². The lowest BCUT2D eigenvalue weighted by Gasteiger charge is -2.35. The Labute approximate surface area is 191 Å². The summed E-state index contributed by atoms with van der Waals surface area (Å²) in [4.78, 5) is 17.8. The van der Waals surface area contributed by atoms with Crippen LogP contribution in [0.5, 0.6) is 0 Å². The number of carbonyl (C=O) groups excluding carboxylic acids is 1. The van der Waals surface area contributed by atoms with Gasteiger partial charge in [0, 0.05) is 10.6 Å². The second-order valence-electron chi connectivity index (χ2n) is 9.17. The Morgan fingerprint density at radius 3 is 2.78 bits per heavy atom. The first-order chi connectivity index (χ1) is 15.2. The van der Waals surface area contributed by atoms with Gasteiger partial charge in [-0.2, -0.15) is 0 Å². The lowest BCUT2D eigenvalue weighted by molar-refractivity contribution is -0.187. The Hall–Kier alpha value is -2.01. The smallest absolute Gasteiger partial charge is 0.332 e. The number of ether oxygens (including phenoxy) is 1. The number of nitrogens with zero attached hydrogens (tertiary/aromatic N) is 1. The van der Waals surface area contributed by atoms with Crippen LogP contribution in [0.3, 0.4) is 0 Å². The first kappa shape index (κ1) is 21.8. The number of thiazole rings is 1. The molecule has 3 aliphatic rings. The number of amides is 2. The van der Waals surface area contributed by atoms with Gasteiger partial charge < -0.3 is 15.2 Å². The lowest BCUT2D eigenvalue weighted by atomic mass is 9.91. The number of aromatic nitrogens is 1. The van der Waals surface area contributed by atoms with Crippen molar-refractivity contribution < 1.29 is 18.8 Å². The Kier molecular flexibility index (Phi) is 5.31. The molecule has 1 aliphatic heterocycles. The quantitative estimate of drug-likeness (QED) is 0.505. The fourth-order valence-electron chi connectivity index (χ4n) is 4.73. The average Bonchev–Trinajstić information content (AvgIpc) is 3.31. The number of aryl methyl sites for hydroxylation is 2. The van der Waals surface area contributed by atoms with Crippen molar-refractivity contribution in [2.24, 2.45) is 5.92 Å². The zero-order chi connectivity index (χ0) is 22.7. The van der Waals surface area contributed by atoms with Crippen LogP contribution in [0.1, 0.15) is 59.4 Å². The van der Waals surface area contributed by atoms with Gasteiger partial charge in [-0.25, -0.2) is 23.5 Å². The van der Waals surface area contributed by atoms with Gasteiger partial charge in [0.05, 0.1) is 18.9 Å². The van der Waals surface area contributed by atoms with Crippen LogP contribution in [0.4, 0.5) is 10.5 Å². The maximum atomic E-state index is 13.1. The molecule has 4 N–H and O–H groups in total. The van der Waals surface area contributed by atoms with Gasteiger partial charge in [-0.1, -0.05) is 19.1 Å². The highest BCUT2D eigenvalue weighted by atomic mass is 32.2. The number of aliphatic hydroxyl groups is 1. The third-order valence-corrected chi connectivity index (χ3v) is 9.53. The van der Waals surface area contributed by atoms with E-state index in [0.717, 1.165) is 47.4 Å². The van der Waals surface area contributed by atoms with E-state index in [0.29, 0.717) is 22.4 Å². The molecule has 0 radical (unpaired) electrons.